The molecule has 0 N–H and O–H groups in total. The fourth-order valence-corrected chi connectivity index (χ4v) is 0.598. The van der Waals surface area contributed by atoms with Crippen molar-refractivity contribution in [2.45, 2.75) is 13.8 Å². The molecule has 0 aliphatic heterocycles. The third-order valence-electron chi connectivity index (χ3n) is 1.23. The van der Waals surface area contributed by atoms with Gasteiger partial charge in [0.25, 0.3) is 0 Å². The highest BCUT2D eigenvalue weighted by Crippen LogP contribution is 1.83. The lowest BCUT2D eigenvalue weighted by molar-refractivity contribution is 0.131. The van der Waals surface area contributed by atoms with Crippen LogP contribution in [0.15, 0.2) is 0 Å². The van der Waals surface area contributed by atoms with Gasteiger partial charge in [0.15, 0.2) is 6.19 Å². The Morgan fingerprint density at radius 2 is 2.20 bits per heavy atom. The van der Waals surface area contributed by atoms with Crippen LogP contribution in [0.25, 0.3) is 0 Å². The highest BCUT2D eigenvalue weighted by molar-refractivity contribution is 4.70. The third kappa shape index (κ3) is 4.16. The molecule has 0 aromatic carbocycles. The van der Waals surface area contributed by atoms with Gasteiger partial charge >= 0.3 is 0 Å². The Balaban J connectivity index is 3.20. The molecule has 0 radical (unpaired) electrons. The van der Waals surface area contributed by atoms with E-state index < -0.39 is 0 Å². The highest BCUT2D eigenvalue weighted by atomic mass is 16.5. The maximum Gasteiger partial charge on any atom is 0.179 e. The van der Waals surface area contributed by atoms with Gasteiger partial charge in [-0.3, -0.25) is 0 Å². The number of hydrogen-bond acceptors (Lipinski definition) is 3. The summed E-state index contributed by atoms with van der Waals surface area (Å²) in [4.78, 5) is 1.66. The third-order valence-corrected chi connectivity index (χ3v) is 1.23. The normalized spacial score (nSPS) is 8.90. The van der Waals surface area contributed by atoms with E-state index in [1.165, 1.54) is 0 Å². The topological polar surface area (TPSA) is 36.3 Å². The van der Waals surface area contributed by atoms with Gasteiger partial charge in [-0.25, -0.2) is 0 Å². The predicted octanol–water partition coefficient (Wildman–Crippen LogP) is 0.826. The Hall–Kier alpha value is -0.750. The minimum absolute atomic E-state index is 0.651. The number of nitriles is 1. The van der Waals surface area contributed by atoms with Gasteiger partial charge < -0.3 is 9.64 Å². The van der Waals surface area contributed by atoms with Crippen LogP contribution in [0.5, 0.6) is 0 Å². The summed E-state index contributed by atoms with van der Waals surface area (Å²) >= 11 is 0. The molecule has 0 aromatic rings. The number of likely N-dealkylation sites (N-methyl/N-ethyl adjacent to an activating group) is 1. The summed E-state index contributed by atoms with van der Waals surface area (Å²) in [6, 6.07) is 0. The van der Waals surface area contributed by atoms with Gasteiger partial charge in [0.2, 0.25) is 0 Å². The van der Waals surface area contributed by atoms with Crippen molar-refractivity contribution in [3.8, 4) is 6.19 Å². The van der Waals surface area contributed by atoms with Gasteiger partial charge in [-0.2, -0.15) is 5.26 Å². The SMILES string of the molecule is CCOCCN(C#N)CC. The Morgan fingerprint density at radius 3 is 2.60 bits per heavy atom. The van der Waals surface area contributed by atoms with Gasteiger partial charge in [0.1, 0.15) is 0 Å². The maximum absolute atomic E-state index is 8.45. The first-order valence-electron chi connectivity index (χ1n) is 3.57. The first kappa shape index (κ1) is 9.25. The van der Waals surface area contributed by atoms with Crippen LogP contribution in [0.4, 0.5) is 0 Å². The van der Waals surface area contributed by atoms with Gasteiger partial charge in [0.05, 0.1) is 13.2 Å². The maximum atomic E-state index is 8.45. The second-order valence-corrected chi connectivity index (χ2v) is 1.88. The van der Waals surface area contributed by atoms with Crippen LogP contribution in [-0.2, 0) is 4.74 Å². The molecule has 0 aliphatic carbocycles. The van der Waals surface area contributed by atoms with E-state index in [1.54, 1.807) is 4.90 Å². The van der Waals surface area contributed by atoms with Crippen LogP contribution in [0, 0.1) is 11.5 Å². The van der Waals surface area contributed by atoms with Crippen molar-refractivity contribution in [2.24, 2.45) is 0 Å². The molecule has 0 fully saturated rings. The summed E-state index contributed by atoms with van der Waals surface area (Å²) in [6.45, 7) is 6.75. The van der Waals surface area contributed by atoms with Crippen LogP contribution in [0.2, 0.25) is 0 Å². The quantitative estimate of drug-likeness (QED) is 0.324. The van der Waals surface area contributed by atoms with Crippen molar-refractivity contribution in [3.05, 3.63) is 0 Å². The lowest BCUT2D eigenvalue weighted by Crippen LogP contribution is -2.22. The first-order chi connectivity index (χ1) is 4.85. The van der Waals surface area contributed by atoms with E-state index in [2.05, 4.69) is 6.19 Å². The lowest BCUT2D eigenvalue weighted by Gasteiger charge is -2.11. The second kappa shape index (κ2) is 6.37. The molecule has 58 valence electrons. The van der Waals surface area contributed by atoms with E-state index in [0.717, 1.165) is 13.2 Å². The van der Waals surface area contributed by atoms with Crippen LogP contribution in [-0.4, -0.2) is 31.2 Å². The molecule has 10 heavy (non-hydrogen) atoms. The molecule has 0 amide bonds. The minimum Gasteiger partial charge on any atom is -0.380 e. The number of ether oxygens (including phenoxy) is 1. The second-order valence-electron chi connectivity index (χ2n) is 1.88. The highest BCUT2D eigenvalue weighted by Gasteiger charge is 1.95. The Labute approximate surface area is 62.2 Å². The van der Waals surface area contributed by atoms with Crippen molar-refractivity contribution in [2.75, 3.05) is 26.3 Å². The molecule has 0 unspecified atom stereocenters. The largest absolute Gasteiger partial charge is 0.380 e. The summed E-state index contributed by atoms with van der Waals surface area (Å²) in [7, 11) is 0. The fourth-order valence-electron chi connectivity index (χ4n) is 0.598. The van der Waals surface area contributed by atoms with Crippen molar-refractivity contribution in [3.63, 3.8) is 0 Å². The van der Waals surface area contributed by atoms with Crippen LogP contribution in [0.1, 0.15) is 13.8 Å². The van der Waals surface area contributed by atoms with E-state index >= 15 is 0 Å². The molecule has 0 spiro atoms. The average Bonchev–Trinajstić information content (AvgIpc) is 1.99. The van der Waals surface area contributed by atoms with E-state index in [-0.39, 0.29) is 0 Å². The van der Waals surface area contributed by atoms with Crippen molar-refractivity contribution < 1.29 is 4.74 Å². The molecule has 0 bridgehead atoms. The van der Waals surface area contributed by atoms with Gasteiger partial charge in [0, 0.05) is 13.2 Å². The average molecular weight is 142 g/mol. The first-order valence-corrected chi connectivity index (χ1v) is 3.57. The monoisotopic (exact) mass is 142 g/mol. The molecular formula is C7H14N2O. The van der Waals surface area contributed by atoms with Crippen molar-refractivity contribution >= 4 is 0 Å². The number of nitrogens with zero attached hydrogens (tertiary/aromatic N) is 2. The molecular weight excluding hydrogens is 128 g/mol. The summed E-state index contributed by atoms with van der Waals surface area (Å²) in [5.41, 5.74) is 0. The number of hydrogen-bond donors (Lipinski definition) is 0. The summed E-state index contributed by atoms with van der Waals surface area (Å²) in [5.74, 6) is 0. The Bertz CT molecular complexity index is 109. The summed E-state index contributed by atoms with van der Waals surface area (Å²) < 4.78 is 5.07. The zero-order valence-corrected chi connectivity index (χ0v) is 6.63. The Kier molecular flexibility index (Phi) is 5.89. The molecule has 0 saturated heterocycles. The van der Waals surface area contributed by atoms with Crippen molar-refractivity contribution in [1.29, 1.82) is 5.26 Å². The molecule has 0 heterocycles. The van der Waals surface area contributed by atoms with Crippen LogP contribution in [0.3, 0.4) is 0 Å². The minimum atomic E-state index is 0.651. The fraction of sp³-hybridized carbons (Fsp3) is 0.857. The molecule has 0 rings (SSSR count). The van der Waals surface area contributed by atoms with E-state index in [0.29, 0.717) is 13.2 Å². The van der Waals surface area contributed by atoms with Gasteiger partial charge in [-0.15, -0.1) is 0 Å². The van der Waals surface area contributed by atoms with Crippen LogP contribution < -0.4 is 0 Å². The lowest BCUT2D eigenvalue weighted by atomic mass is 10.5. The zero-order chi connectivity index (χ0) is 7.82. The van der Waals surface area contributed by atoms with Gasteiger partial charge in [-0.05, 0) is 13.8 Å². The molecule has 3 nitrogen and oxygen atoms in total. The van der Waals surface area contributed by atoms with E-state index in [4.69, 9.17) is 10.00 Å². The molecule has 0 aliphatic rings. The van der Waals surface area contributed by atoms with Crippen LogP contribution >= 0.6 is 0 Å². The molecule has 3 heteroatoms. The predicted molar refractivity (Wildman–Crippen MR) is 39.4 cm³/mol. The smallest absolute Gasteiger partial charge is 0.179 e. The molecule has 0 saturated carbocycles. The standard InChI is InChI=1S/C7H14N2O/c1-3-9(7-8)5-6-10-4-2/h3-6H2,1-2H3. The summed E-state index contributed by atoms with van der Waals surface area (Å²) in [5, 5.41) is 8.45. The van der Waals surface area contributed by atoms with Gasteiger partial charge in [-0.1, -0.05) is 0 Å². The van der Waals surface area contributed by atoms with E-state index in [1.807, 2.05) is 13.8 Å². The van der Waals surface area contributed by atoms with E-state index in [9.17, 15) is 0 Å². The molecule has 0 aromatic heterocycles. The summed E-state index contributed by atoms with van der Waals surface area (Å²) in [6.07, 6.45) is 2.06. The number of rotatable bonds is 5. The van der Waals surface area contributed by atoms with Crippen molar-refractivity contribution in [1.82, 2.24) is 4.90 Å². The molecule has 0 atom stereocenters. The zero-order valence-electron chi connectivity index (χ0n) is 6.63. The Morgan fingerprint density at radius 1 is 1.50 bits per heavy atom.